The maximum absolute atomic E-state index is 11.8. The summed E-state index contributed by atoms with van der Waals surface area (Å²) in [5.74, 6) is -0.0280. The third-order valence-electron chi connectivity index (χ3n) is 2.18. The number of thioether (sulfide) groups is 1. The summed E-state index contributed by atoms with van der Waals surface area (Å²) in [5.41, 5.74) is 6.65. The fraction of sp³-hybridized carbons (Fsp3) is 0.200. The summed E-state index contributed by atoms with van der Waals surface area (Å²) in [6.45, 7) is 0. The van der Waals surface area contributed by atoms with E-state index in [0.717, 1.165) is 0 Å². The van der Waals surface area contributed by atoms with Crippen molar-refractivity contribution in [2.75, 3.05) is 16.8 Å². The van der Waals surface area contributed by atoms with Crippen LogP contribution in [0.2, 0.25) is 5.02 Å². The van der Waals surface area contributed by atoms with Crippen LogP contribution in [-0.2, 0) is 11.8 Å². The number of tetrazole rings is 1. The molecule has 2 rings (SSSR count). The van der Waals surface area contributed by atoms with Crippen molar-refractivity contribution in [3.8, 4) is 0 Å². The zero-order valence-electron chi connectivity index (χ0n) is 10.00. The van der Waals surface area contributed by atoms with Gasteiger partial charge in [-0.25, -0.2) is 4.68 Å². The molecular formula is C10H11ClN6OS. The van der Waals surface area contributed by atoms with Gasteiger partial charge < -0.3 is 11.1 Å². The number of nitrogens with zero attached hydrogens (tertiary/aromatic N) is 4. The molecule has 1 aromatic heterocycles. The molecule has 0 radical (unpaired) electrons. The Morgan fingerprint density at radius 1 is 1.58 bits per heavy atom. The Bertz CT molecular complexity index is 601. The molecule has 0 aliphatic carbocycles. The molecule has 0 fully saturated rings. The Morgan fingerprint density at radius 2 is 2.37 bits per heavy atom. The molecule has 100 valence electrons. The second-order valence-corrected chi connectivity index (χ2v) is 5.01. The fourth-order valence-corrected chi connectivity index (χ4v) is 2.11. The highest BCUT2D eigenvalue weighted by atomic mass is 35.5. The highest BCUT2D eigenvalue weighted by molar-refractivity contribution is 7.99. The van der Waals surface area contributed by atoms with Gasteiger partial charge in [0, 0.05) is 12.7 Å². The van der Waals surface area contributed by atoms with Crippen molar-refractivity contribution in [2.24, 2.45) is 7.05 Å². The number of carbonyl (C=O) groups excluding carboxylic acids is 1. The maximum atomic E-state index is 11.8. The van der Waals surface area contributed by atoms with Crippen LogP contribution in [0.15, 0.2) is 23.4 Å². The van der Waals surface area contributed by atoms with Crippen molar-refractivity contribution in [3.63, 3.8) is 0 Å². The summed E-state index contributed by atoms with van der Waals surface area (Å²) < 4.78 is 1.49. The summed E-state index contributed by atoms with van der Waals surface area (Å²) in [6.07, 6.45) is 0. The molecule has 19 heavy (non-hydrogen) atoms. The number of nitrogens with one attached hydrogen (secondary N) is 1. The maximum Gasteiger partial charge on any atom is 0.234 e. The number of aromatic nitrogens is 4. The number of carbonyl (C=O) groups is 1. The largest absolute Gasteiger partial charge is 0.399 e. The van der Waals surface area contributed by atoms with E-state index in [9.17, 15) is 4.79 Å². The molecule has 0 bridgehead atoms. The van der Waals surface area contributed by atoms with Crippen molar-refractivity contribution >= 4 is 40.6 Å². The van der Waals surface area contributed by atoms with Gasteiger partial charge in [0.05, 0.1) is 16.5 Å². The van der Waals surface area contributed by atoms with Gasteiger partial charge in [0.15, 0.2) is 0 Å². The van der Waals surface area contributed by atoms with Gasteiger partial charge >= 0.3 is 0 Å². The van der Waals surface area contributed by atoms with E-state index in [1.807, 2.05) is 0 Å². The molecule has 3 N–H and O–H groups in total. The standard InChI is InChI=1S/C10H11ClN6OS/c1-17-10(14-15-16-17)19-5-9(18)13-8-4-6(12)2-3-7(8)11/h2-4H,5,12H2,1H3,(H,13,18). The Labute approximate surface area is 118 Å². The number of nitrogens with two attached hydrogens (primary N) is 1. The van der Waals surface area contributed by atoms with Gasteiger partial charge in [-0.15, -0.1) is 5.10 Å². The van der Waals surface area contributed by atoms with E-state index in [1.165, 1.54) is 16.4 Å². The number of aryl methyl sites for hydroxylation is 1. The van der Waals surface area contributed by atoms with Gasteiger partial charge in [0.25, 0.3) is 0 Å². The predicted octanol–water partition coefficient (Wildman–Crippen LogP) is 1.18. The minimum atomic E-state index is -0.208. The van der Waals surface area contributed by atoms with Crippen LogP contribution in [0.5, 0.6) is 0 Å². The van der Waals surface area contributed by atoms with Gasteiger partial charge in [-0.05, 0) is 28.6 Å². The molecule has 1 aromatic carbocycles. The van der Waals surface area contributed by atoms with Gasteiger partial charge in [0.1, 0.15) is 0 Å². The SMILES string of the molecule is Cn1nnnc1SCC(=O)Nc1cc(N)ccc1Cl. The Balaban J connectivity index is 1.94. The van der Waals surface area contributed by atoms with E-state index in [1.54, 1.807) is 25.2 Å². The Morgan fingerprint density at radius 3 is 3.05 bits per heavy atom. The average Bonchev–Trinajstić information content (AvgIpc) is 2.77. The molecule has 9 heteroatoms. The second-order valence-electron chi connectivity index (χ2n) is 3.66. The molecule has 1 amide bonds. The quantitative estimate of drug-likeness (QED) is 0.649. The Hall–Kier alpha value is -1.80. The minimum absolute atomic E-state index is 0.180. The monoisotopic (exact) mass is 298 g/mol. The lowest BCUT2D eigenvalue weighted by molar-refractivity contribution is -0.113. The van der Waals surface area contributed by atoms with Crippen molar-refractivity contribution in [1.29, 1.82) is 0 Å². The molecule has 2 aromatic rings. The number of rotatable bonds is 4. The highest BCUT2D eigenvalue weighted by Crippen LogP contribution is 2.24. The van der Waals surface area contributed by atoms with Crippen molar-refractivity contribution in [3.05, 3.63) is 23.2 Å². The molecule has 0 aliphatic rings. The molecular weight excluding hydrogens is 288 g/mol. The lowest BCUT2D eigenvalue weighted by Crippen LogP contribution is -2.15. The third kappa shape index (κ3) is 3.58. The van der Waals surface area contributed by atoms with Crippen LogP contribution in [0.3, 0.4) is 0 Å². The van der Waals surface area contributed by atoms with Crippen LogP contribution in [0.1, 0.15) is 0 Å². The van der Waals surface area contributed by atoms with E-state index in [-0.39, 0.29) is 11.7 Å². The minimum Gasteiger partial charge on any atom is -0.399 e. The van der Waals surface area contributed by atoms with E-state index in [2.05, 4.69) is 20.8 Å². The number of anilines is 2. The average molecular weight is 299 g/mol. The van der Waals surface area contributed by atoms with Gasteiger partial charge in [-0.3, -0.25) is 4.79 Å². The third-order valence-corrected chi connectivity index (χ3v) is 3.52. The molecule has 0 atom stereocenters. The molecule has 0 saturated carbocycles. The fourth-order valence-electron chi connectivity index (χ4n) is 1.30. The normalized spacial score (nSPS) is 10.4. The summed E-state index contributed by atoms with van der Waals surface area (Å²) in [4.78, 5) is 11.8. The number of nitrogen functional groups attached to an aromatic ring is 1. The molecule has 0 spiro atoms. The topological polar surface area (TPSA) is 98.7 Å². The van der Waals surface area contributed by atoms with Gasteiger partial charge in [-0.2, -0.15) is 0 Å². The smallest absolute Gasteiger partial charge is 0.234 e. The van der Waals surface area contributed by atoms with E-state index in [4.69, 9.17) is 17.3 Å². The first-order valence-electron chi connectivity index (χ1n) is 5.26. The highest BCUT2D eigenvalue weighted by Gasteiger charge is 2.09. The molecule has 0 saturated heterocycles. The van der Waals surface area contributed by atoms with E-state index < -0.39 is 0 Å². The summed E-state index contributed by atoms with van der Waals surface area (Å²) in [7, 11) is 1.70. The summed E-state index contributed by atoms with van der Waals surface area (Å²) >= 11 is 7.18. The van der Waals surface area contributed by atoms with Crippen molar-refractivity contribution in [1.82, 2.24) is 20.2 Å². The van der Waals surface area contributed by atoms with Gasteiger partial charge in [-0.1, -0.05) is 23.4 Å². The lowest BCUT2D eigenvalue weighted by Gasteiger charge is -2.07. The zero-order chi connectivity index (χ0) is 13.8. The Kier molecular flexibility index (Phi) is 4.23. The summed E-state index contributed by atoms with van der Waals surface area (Å²) in [6, 6.07) is 4.90. The lowest BCUT2D eigenvalue weighted by atomic mass is 10.3. The molecule has 0 aliphatic heterocycles. The zero-order valence-corrected chi connectivity index (χ0v) is 11.6. The number of hydrogen-bond acceptors (Lipinski definition) is 6. The molecule has 0 unspecified atom stereocenters. The van der Waals surface area contributed by atoms with Crippen LogP contribution in [0.25, 0.3) is 0 Å². The number of amides is 1. The van der Waals surface area contributed by atoms with Crippen LogP contribution in [0, 0.1) is 0 Å². The van der Waals surface area contributed by atoms with Gasteiger partial charge in [0.2, 0.25) is 11.1 Å². The van der Waals surface area contributed by atoms with Crippen molar-refractivity contribution in [2.45, 2.75) is 5.16 Å². The summed E-state index contributed by atoms with van der Waals surface area (Å²) in [5, 5.41) is 14.6. The molecule has 1 heterocycles. The van der Waals surface area contributed by atoms with Crippen molar-refractivity contribution < 1.29 is 4.79 Å². The van der Waals surface area contributed by atoms with Crippen LogP contribution < -0.4 is 11.1 Å². The van der Waals surface area contributed by atoms with E-state index >= 15 is 0 Å². The second kappa shape index (κ2) is 5.89. The van der Waals surface area contributed by atoms with Crippen LogP contribution in [0.4, 0.5) is 11.4 Å². The first-order chi connectivity index (χ1) is 9.06. The number of hydrogen-bond donors (Lipinski definition) is 2. The number of benzene rings is 1. The van der Waals surface area contributed by atoms with Crippen LogP contribution in [-0.4, -0.2) is 31.9 Å². The number of halogens is 1. The first kappa shape index (κ1) is 13.6. The van der Waals surface area contributed by atoms with E-state index in [0.29, 0.717) is 21.6 Å². The van der Waals surface area contributed by atoms with Crippen LogP contribution >= 0.6 is 23.4 Å². The first-order valence-corrected chi connectivity index (χ1v) is 6.62. The molecule has 7 nitrogen and oxygen atoms in total. The predicted molar refractivity (Wildman–Crippen MR) is 74.0 cm³/mol.